The van der Waals surface area contributed by atoms with Crippen molar-refractivity contribution in [2.75, 3.05) is 6.54 Å². The molecule has 0 spiro atoms. The third-order valence-corrected chi connectivity index (χ3v) is 3.56. The second-order valence-electron chi connectivity index (χ2n) is 5.38. The molecule has 0 unspecified atom stereocenters. The Morgan fingerprint density at radius 2 is 0.778 bits per heavy atom. The van der Waals surface area contributed by atoms with Crippen molar-refractivity contribution in [1.82, 2.24) is 0 Å². The summed E-state index contributed by atoms with van der Waals surface area (Å²) in [5.41, 5.74) is 5.47. The van der Waals surface area contributed by atoms with Crippen molar-refractivity contribution in [2.24, 2.45) is 5.73 Å². The van der Waals surface area contributed by atoms with Crippen molar-refractivity contribution in [3.8, 4) is 0 Å². The van der Waals surface area contributed by atoms with Gasteiger partial charge in [0.25, 0.3) is 0 Å². The van der Waals surface area contributed by atoms with E-state index in [1.54, 1.807) is 0 Å². The molecule has 18 heavy (non-hydrogen) atoms. The first-order chi connectivity index (χ1) is 8.41. The molecule has 0 aliphatic carbocycles. The molecule has 0 aliphatic heterocycles. The molecule has 0 aromatic heterocycles. The van der Waals surface area contributed by atoms with Crippen LogP contribution >= 0.6 is 0 Å². The molecule has 0 aromatic carbocycles. The van der Waals surface area contributed by atoms with E-state index >= 15 is 0 Å². The topological polar surface area (TPSA) is 26.0 Å². The summed E-state index contributed by atoms with van der Waals surface area (Å²) in [4.78, 5) is 0. The molecule has 111 valence electrons. The predicted octanol–water partition coefficient (Wildman–Crippen LogP) is 5.42. The van der Waals surface area contributed by atoms with Gasteiger partial charge in [0.2, 0.25) is 0 Å². The summed E-state index contributed by atoms with van der Waals surface area (Å²) < 4.78 is 0. The molecule has 0 saturated heterocycles. The standard InChI is InChI=1S/C16H35N.Re/c1-2-3-4-5-6-7-8-9-10-11-12-13-14-15-16-17;/h2-17H2,1H3;. The molecule has 0 atom stereocenters. The maximum atomic E-state index is 5.47. The Labute approximate surface area is 129 Å². The van der Waals surface area contributed by atoms with Crippen LogP contribution in [0.1, 0.15) is 96.8 Å². The van der Waals surface area contributed by atoms with Gasteiger partial charge >= 0.3 is 0 Å². The van der Waals surface area contributed by atoms with Gasteiger partial charge in [-0.15, -0.1) is 0 Å². The summed E-state index contributed by atoms with van der Waals surface area (Å²) in [7, 11) is 0. The van der Waals surface area contributed by atoms with E-state index in [0.29, 0.717) is 0 Å². The summed E-state index contributed by atoms with van der Waals surface area (Å²) in [5, 5.41) is 0. The van der Waals surface area contributed by atoms with Crippen LogP contribution in [-0.2, 0) is 20.4 Å². The van der Waals surface area contributed by atoms with Gasteiger partial charge in [0.05, 0.1) is 0 Å². The Morgan fingerprint density at radius 3 is 1.06 bits per heavy atom. The fraction of sp³-hybridized carbons (Fsp3) is 1.00. The number of rotatable bonds is 14. The van der Waals surface area contributed by atoms with Crippen molar-refractivity contribution >= 4 is 0 Å². The maximum Gasteiger partial charge on any atom is 0 e. The van der Waals surface area contributed by atoms with Gasteiger partial charge in [0.1, 0.15) is 0 Å². The molecular weight excluding hydrogens is 392 g/mol. The average Bonchev–Trinajstić information content (AvgIpc) is 2.35. The normalized spacial score (nSPS) is 10.3. The minimum absolute atomic E-state index is 0. The van der Waals surface area contributed by atoms with Gasteiger partial charge < -0.3 is 5.73 Å². The Morgan fingerprint density at radius 1 is 0.500 bits per heavy atom. The van der Waals surface area contributed by atoms with Crippen LogP contribution in [0.25, 0.3) is 0 Å². The number of hydrogen-bond donors (Lipinski definition) is 1. The zero-order chi connectivity index (χ0) is 12.6. The molecule has 0 bridgehead atoms. The molecule has 0 amide bonds. The van der Waals surface area contributed by atoms with Crippen molar-refractivity contribution in [3.05, 3.63) is 0 Å². The fourth-order valence-corrected chi connectivity index (χ4v) is 2.34. The zero-order valence-corrected chi connectivity index (χ0v) is 15.3. The molecule has 2 N–H and O–H groups in total. The molecule has 2 heteroatoms. The summed E-state index contributed by atoms with van der Waals surface area (Å²) in [6, 6.07) is 0. The van der Waals surface area contributed by atoms with Gasteiger partial charge in [-0.2, -0.15) is 0 Å². The van der Waals surface area contributed by atoms with Gasteiger partial charge in [-0.3, -0.25) is 0 Å². The molecule has 0 saturated carbocycles. The Kier molecular flexibility index (Phi) is 23.2. The zero-order valence-electron chi connectivity index (χ0n) is 12.6. The van der Waals surface area contributed by atoms with E-state index in [1.165, 1.54) is 89.9 Å². The summed E-state index contributed by atoms with van der Waals surface area (Å²) in [5.74, 6) is 0. The van der Waals surface area contributed by atoms with Gasteiger partial charge in [-0.25, -0.2) is 0 Å². The first kappa shape index (κ1) is 20.9. The molecule has 1 radical (unpaired) electrons. The average molecular weight is 428 g/mol. The summed E-state index contributed by atoms with van der Waals surface area (Å²) >= 11 is 0. The second-order valence-corrected chi connectivity index (χ2v) is 5.38. The SMILES string of the molecule is CCCCCCCCCCCCCCCCN.[Re]. The maximum absolute atomic E-state index is 5.47. The minimum atomic E-state index is 0. The van der Waals surface area contributed by atoms with E-state index < -0.39 is 0 Å². The van der Waals surface area contributed by atoms with Gasteiger partial charge in [0.15, 0.2) is 0 Å². The van der Waals surface area contributed by atoms with Gasteiger partial charge in [0, 0.05) is 20.4 Å². The van der Waals surface area contributed by atoms with Crippen LogP contribution < -0.4 is 5.73 Å². The van der Waals surface area contributed by atoms with Crippen LogP contribution in [0.3, 0.4) is 0 Å². The number of hydrogen-bond acceptors (Lipinski definition) is 1. The third kappa shape index (κ3) is 19.0. The van der Waals surface area contributed by atoms with Crippen LogP contribution in [-0.4, -0.2) is 6.54 Å². The van der Waals surface area contributed by atoms with E-state index in [2.05, 4.69) is 6.92 Å². The van der Waals surface area contributed by atoms with Crippen molar-refractivity contribution in [2.45, 2.75) is 96.8 Å². The number of nitrogens with two attached hydrogens (primary N) is 1. The quantitative estimate of drug-likeness (QED) is 0.368. The Balaban J connectivity index is 0. The van der Waals surface area contributed by atoms with Gasteiger partial charge in [-0.1, -0.05) is 90.4 Å². The van der Waals surface area contributed by atoms with Crippen LogP contribution in [0.5, 0.6) is 0 Å². The second kappa shape index (κ2) is 20.0. The van der Waals surface area contributed by atoms with E-state index in [1.807, 2.05) is 0 Å². The minimum Gasteiger partial charge on any atom is -0.330 e. The van der Waals surface area contributed by atoms with Crippen molar-refractivity contribution in [1.29, 1.82) is 0 Å². The molecule has 0 aliphatic rings. The van der Waals surface area contributed by atoms with Crippen molar-refractivity contribution < 1.29 is 20.4 Å². The molecule has 0 aromatic rings. The van der Waals surface area contributed by atoms with E-state index in [-0.39, 0.29) is 20.4 Å². The first-order valence-corrected chi connectivity index (χ1v) is 8.12. The third-order valence-electron chi connectivity index (χ3n) is 3.56. The summed E-state index contributed by atoms with van der Waals surface area (Å²) in [6.45, 7) is 3.16. The summed E-state index contributed by atoms with van der Waals surface area (Å²) in [6.07, 6.45) is 19.9. The van der Waals surface area contributed by atoms with E-state index in [9.17, 15) is 0 Å². The Bertz CT molecular complexity index is 114. The molecular formula is C16H35NRe. The number of unbranched alkanes of at least 4 members (excludes halogenated alkanes) is 13. The molecule has 0 heterocycles. The smallest absolute Gasteiger partial charge is 0 e. The molecule has 0 rings (SSSR count). The largest absolute Gasteiger partial charge is 0.330 e. The molecule has 0 fully saturated rings. The van der Waals surface area contributed by atoms with Gasteiger partial charge in [-0.05, 0) is 13.0 Å². The van der Waals surface area contributed by atoms with Crippen LogP contribution in [0.15, 0.2) is 0 Å². The predicted molar refractivity (Wildman–Crippen MR) is 79.4 cm³/mol. The Hall–Kier alpha value is 0.622. The van der Waals surface area contributed by atoms with E-state index in [0.717, 1.165) is 6.54 Å². The van der Waals surface area contributed by atoms with Crippen LogP contribution in [0.4, 0.5) is 0 Å². The fourth-order valence-electron chi connectivity index (χ4n) is 2.34. The monoisotopic (exact) mass is 428 g/mol. The van der Waals surface area contributed by atoms with Crippen LogP contribution in [0.2, 0.25) is 0 Å². The van der Waals surface area contributed by atoms with Crippen molar-refractivity contribution in [3.63, 3.8) is 0 Å². The van der Waals surface area contributed by atoms with E-state index in [4.69, 9.17) is 5.73 Å². The van der Waals surface area contributed by atoms with Crippen LogP contribution in [0, 0.1) is 0 Å². The molecule has 1 nitrogen and oxygen atoms in total. The first-order valence-electron chi connectivity index (χ1n) is 8.12.